The van der Waals surface area contributed by atoms with E-state index < -0.39 is 45.6 Å². The predicted molar refractivity (Wildman–Crippen MR) is 91.5 cm³/mol. The standard InChI is InChI=1S/C16H20O8S2/c1-8(2)15(19)25-7-13(18)22-6-12(17)23-14-9-4-10-11(5-9)26(20,21)24-16(10,14)3/h9-11,14H,1,4-7H2,2-3H3. The van der Waals surface area contributed by atoms with E-state index in [1.54, 1.807) is 6.92 Å². The van der Waals surface area contributed by atoms with Gasteiger partial charge in [-0.25, -0.2) is 4.79 Å². The van der Waals surface area contributed by atoms with Crippen molar-refractivity contribution in [2.24, 2.45) is 11.8 Å². The number of hydrogen-bond acceptors (Lipinski definition) is 9. The summed E-state index contributed by atoms with van der Waals surface area (Å²) in [5, 5.41) is -0.846. The molecule has 3 rings (SSSR count). The Hall–Kier alpha value is -1.39. The molecule has 2 saturated carbocycles. The maximum atomic E-state index is 12.0. The minimum Gasteiger partial charge on any atom is -0.456 e. The van der Waals surface area contributed by atoms with E-state index >= 15 is 0 Å². The Morgan fingerprint density at radius 1 is 1.27 bits per heavy atom. The molecule has 10 heteroatoms. The zero-order valence-electron chi connectivity index (χ0n) is 14.4. The molecule has 0 aromatic rings. The SMILES string of the molecule is C=C(C)C(=O)SCC(=O)OCC(=O)OC1C2CC3C(C2)S(=O)(=O)OC31C. The van der Waals surface area contributed by atoms with Gasteiger partial charge in [0.25, 0.3) is 10.1 Å². The van der Waals surface area contributed by atoms with Crippen LogP contribution in [-0.4, -0.2) is 54.8 Å². The first-order chi connectivity index (χ1) is 12.0. The monoisotopic (exact) mass is 404 g/mol. The van der Waals surface area contributed by atoms with Crippen LogP contribution in [0.25, 0.3) is 0 Å². The predicted octanol–water partition coefficient (Wildman–Crippen LogP) is 0.804. The van der Waals surface area contributed by atoms with Crippen molar-refractivity contribution in [3.8, 4) is 0 Å². The topological polar surface area (TPSA) is 113 Å². The van der Waals surface area contributed by atoms with Crippen LogP contribution in [0.1, 0.15) is 26.7 Å². The summed E-state index contributed by atoms with van der Waals surface area (Å²) in [6.07, 6.45) is 0.379. The Labute approximate surface area is 155 Å². The highest BCUT2D eigenvalue weighted by Gasteiger charge is 2.71. The minimum atomic E-state index is -3.63. The second-order valence-corrected chi connectivity index (χ2v) is 9.77. The van der Waals surface area contributed by atoms with Crippen molar-refractivity contribution in [1.29, 1.82) is 0 Å². The second-order valence-electron chi connectivity index (χ2n) is 7.06. The van der Waals surface area contributed by atoms with E-state index in [4.69, 9.17) is 13.7 Å². The molecule has 1 aliphatic heterocycles. The number of carbonyl (C=O) groups excluding carboxylic acids is 3. The van der Waals surface area contributed by atoms with E-state index in [2.05, 4.69) is 6.58 Å². The maximum absolute atomic E-state index is 12.0. The molecule has 144 valence electrons. The van der Waals surface area contributed by atoms with E-state index in [0.29, 0.717) is 18.4 Å². The number of esters is 2. The molecule has 0 N–H and O–H groups in total. The van der Waals surface area contributed by atoms with Crippen LogP contribution >= 0.6 is 11.8 Å². The lowest BCUT2D eigenvalue weighted by Crippen LogP contribution is -2.47. The van der Waals surface area contributed by atoms with Gasteiger partial charge in [0.15, 0.2) is 6.61 Å². The Bertz CT molecular complexity index is 773. The first-order valence-corrected chi connectivity index (χ1v) is 10.6. The summed E-state index contributed by atoms with van der Waals surface area (Å²) >= 11 is 0.744. The van der Waals surface area contributed by atoms with Crippen molar-refractivity contribution in [2.45, 2.75) is 43.6 Å². The van der Waals surface area contributed by atoms with Gasteiger partial charge in [0.1, 0.15) is 11.7 Å². The van der Waals surface area contributed by atoms with Crippen molar-refractivity contribution >= 4 is 38.9 Å². The van der Waals surface area contributed by atoms with Crippen LogP contribution in [0.5, 0.6) is 0 Å². The van der Waals surface area contributed by atoms with Gasteiger partial charge < -0.3 is 9.47 Å². The highest BCUT2D eigenvalue weighted by Crippen LogP contribution is 2.61. The Balaban J connectivity index is 1.50. The van der Waals surface area contributed by atoms with Crippen molar-refractivity contribution < 1.29 is 36.5 Å². The molecule has 3 aliphatic rings. The molecule has 0 radical (unpaired) electrons. The Morgan fingerprint density at radius 3 is 2.62 bits per heavy atom. The molecule has 2 aliphatic carbocycles. The first-order valence-electron chi connectivity index (χ1n) is 8.17. The van der Waals surface area contributed by atoms with Crippen LogP contribution in [0.3, 0.4) is 0 Å². The fraction of sp³-hybridized carbons (Fsp3) is 0.688. The third-order valence-electron chi connectivity index (χ3n) is 5.22. The smallest absolute Gasteiger partial charge is 0.344 e. The average molecular weight is 404 g/mol. The highest BCUT2D eigenvalue weighted by atomic mass is 32.2. The van der Waals surface area contributed by atoms with Gasteiger partial charge in [-0.05, 0) is 32.3 Å². The molecule has 0 aromatic heterocycles. The molecule has 26 heavy (non-hydrogen) atoms. The van der Waals surface area contributed by atoms with Gasteiger partial charge in [-0.15, -0.1) is 0 Å². The molecule has 0 aromatic carbocycles. The van der Waals surface area contributed by atoms with Crippen LogP contribution in [0.4, 0.5) is 0 Å². The lowest BCUT2D eigenvalue weighted by atomic mass is 9.83. The number of fused-ring (bicyclic) bond motifs is 1. The average Bonchev–Trinajstić information content (AvgIpc) is 3.13. The minimum absolute atomic E-state index is 0.0735. The van der Waals surface area contributed by atoms with Gasteiger partial charge in [0.2, 0.25) is 5.12 Å². The molecular formula is C16H20O8S2. The van der Waals surface area contributed by atoms with Crippen LogP contribution in [-0.2, 0) is 38.2 Å². The highest BCUT2D eigenvalue weighted by molar-refractivity contribution is 8.14. The quantitative estimate of drug-likeness (QED) is 0.360. The van der Waals surface area contributed by atoms with Gasteiger partial charge in [-0.2, -0.15) is 8.42 Å². The van der Waals surface area contributed by atoms with Gasteiger partial charge in [0, 0.05) is 11.8 Å². The summed E-state index contributed by atoms with van der Waals surface area (Å²) in [5.41, 5.74) is -0.730. The Kier molecular flexibility index (Phi) is 4.95. The van der Waals surface area contributed by atoms with Crippen LogP contribution in [0, 0.1) is 11.8 Å². The number of rotatable bonds is 6. The fourth-order valence-corrected chi connectivity index (χ4v) is 6.81. The molecular weight excluding hydrogens is 384 g/mol. The Morgan fingerprint density at radius 2 is 1.96 bits per heavy atom. The van der Waals surface area contributed by atoms with Crippen molar-refractivity contribution in [2.75, 3.05) is 12.4 Å². The molecule has 1 heterocycles. The van der Waals surface area contributed by atoms with E-state index in [0.717, 1.165) is 11.8 Å². The molecule has 3 fully saturated rings. The molecule has 8 nitrogen and oxygen atoms in total. The summed E-state index contributed by atoms with van der Waals surface area (Å²) in [7, 11) is -3.63. The van der Waals surface area contributed by atoms with Gasteiger partial charge >= 0.3 is 11.9 Å². The second kappa shape index (κ2) is 6.65. The van der Waals surface area contributed by atoms with Crippen LogP contribution < -0.4 is 0 Å². The maximum Gasteiger partial charge on any atom is 0.344 e. The van der Waals surface area contributed by atoms with Crippen molar-refractivity contribution in [3.05, 3.63) is 12.2 Å². The van der Waals surface area contributed by atoms with Crippen LogP contribution in [0.2, 0.25) is 0 Å². The summed E-state index contributed by atoms with van der Waals surface area (Å²) < 4.78 is 39.6. The number of thioether (sulfide) groups is 1. The lowest BCUT2D eigenvalue weighted by Gasteiger charge is -2.33. The molecule has 5 unspecified atom stereocenters. The summed E-state index contributed by atoms with van der Waals surface area (Å²) in [6, 6.07) is 0. The van der Waals surface area contributed by atoms with E-state index in [-0.39, 0.29) is 22.7 Å². The van der Waals surface area contributed by atoms with E-state index in [1.807, 2.05) is 0 Å². The third kappa shape index (κ3) is 3.29. The molecule has 5 atom stereocenters. The van der Waals surface area contributed by atoms with E-state index in [1.165, 1.54) is 6.92 Å². The molecule has 0 amide bonds. The van der Waals surface area contributed by atoms with Gasteiger partial charge in [-0.1, -0.05) is 18.3 Å². The summed E-state index contributed by atoms with van der Waals surface area (Å²) in [6.45, 7) is 6.05. The van der Waals surface area contributed by atoms with Gasteiger partial charge in [0.05, 0.1) is 11.0 Å². The van der Waals surface area contributed by atoms with Gasteiger partial charge in [-0.3, -0.25) is 13.8 Å². The zero-order valence-corrected chi connectivity index (χ0v) is 16.1. The summed E-state index contributed by atoms with van der Waals surface area (Å²) in [4.78, 5) is 34.9. The largest absolute Gasteiger partial charge is 0.456 e. The first kappa shape index (κ1) is 19.4. The molecule has 1 saturated heterocycles. The van der Waals surface area contributed by atoms with Crippen LogP contribution in [0.15, 0.2) is 12.2 Å². The number of hydrogen-bond donors (Lipinski definition) is 0. The third-order valence-corrected chi connectivity index (χ3v) is 8.06. The zero-order chi connectivity index (χ0) is 19.3. The van der Waals surface area contributed by atoms with Crippen molar-refractivity contribution in [1.82, 2.24) is 0 Å². The van der Waals surface area contributed by atoms with Crippen molar-refractivity contribution in [3.63, 3.8) is 0 Å². The lowest BCUT2D eigenvalue weighted by molar-refractivity contribution is -0.171. The number of ether oxygens (including phenoxy) is 2. The molecule has 0 spiro atoms. The van der Waals surface area contributed by atoms with E-state index in [9.17, 15) is 22.8 Å². The fourth-order valence-electron chi connectivity index (χ4n) is 4.12. The molecule has 2 bridgehead atoms. The normalized spacial score (nSPS) is 35.9. The summed E-state index contributed by atoms with van der Waals surface area (Å²) in [5.74, 6) is -1.97. The number of carbonyl (C=O) groups is 3.